The Morgan fingerprint density at radius 3 is 2.48 bits per heavy atom. The number of nitrogens with zero attached hydrogens (tertiary/aromatic N) is 2. The first-order valence-corrected chi connectivity index (χ1v) is 7.50. The van der Waals surface area contributed by atoms with Crippen molar-refractivity contribution in [3.8, 4) is 17.0 Å². The smallest absolute Gasteiger partial charge is 0.416 e. The van der Waals surface area contributed by atoms with Gasteiger partial charge in [0.15, 0.2) is 6.54 Å². The van der Waals surface area contributed by atoms with E-state index < -0.39 is 53.1 Å². The SMILES string of the molecule is O=c1c(-c2cc(F)cc(C(F)(F)F)c2)c([O-])[n+](CC(F)F)c2ccccn12. The Balaban J connectivity index is 2.39. The first-order chi connectivity index (χ1) is 12.6. The summed E-state index contributed by atoms with van der Waals surface area (Å²) in [5, 5.41) is 12.6. The number of alkyl halides is 5. The highest BCUT2D eigenvalue weighted by Gasteiger charge is 2.32. The molecular weight excluding hydrogens is 378 g/mol. The maximum Gasteiger partial charge on any atom is 0.416 e. The summed E-state index contributed by atoms with van der Waals surface area (Å²) in [6.45, 7) is -1.08. The topological polar surface area (TPSA) is 48.4 Å². The van der Waals surface area contributed by atoms with Crippen molar-refractivity contribution < 1.29 is 36.0 Å². The molecule has 2 aromatic heterocycles. The van der Waals surface area contributed by atoms with Crippen LogP contribution < -0.4 is 15.2 Å². The average Bonchev–Trinajstić information content (AvgIpc) is 2.57. The number of hydrogen-bond donors (Lipinski definition) is 0. The molecule has 0 saturated carbocycles. The van der Waals surface area contributed by atoms with Crippen LogP contribution in [-0.4, -0.2) is 10.8 Å². The molecule has 10 heteroatoms. The van der Waals surface area contributed by atoms with Gasteiger partial charge in [-0.15, -0.1) is 0 Å². The monoisotopic (exact) mass is 388 g/mol. The molecule has 0 saturated heterocycles. The number of benzene rings is 1. The summed E-state index contributed by atoms with van der Waals surface area (Å²) < 4.78 is 79.7. The van der Waals surface area contributed by atoms with Crippen molar-refractivity contribution in [1.82, 2.24) is 4.40 Å². The summed E-state index contributed by atoms with van der Waals surface area (Å²) in [5.74, 6) is -2.55. The maximum atomic E-state index is 13.7. The van der Waals surface area contributed by atoms with E-state index in [9.17, 15) is 36.2 Å². The van der Waals surface area contributed by atoms with Gasteiger partial charge in [0, 0.05) is 6.07 Å². The minimum atomic E-state index is -4.92. The quantitative estimate of drug-likeness (QED) is 0.512. The molecule has 0 aliphatic rings. The van der Waals surface area contributed by atoms with Gasteiger partial charge in [0.1, 0.15) is 11.4 Å². The van der Waals surface area contributed by atoms with Crippen LogP contribution in [0.4, 0.5) is 26.3 Å². The fourth-order valence-corrected chi connectivity index (χ4v) is 2.74. The van der Waals surface area contributed by atoms with Gasteiger partial charge in [-0.3, -0.25) is 0 Å². The number of fused-ring (bicyclic) bond motifs is 1. The largest absolute Gasteiger partial charge is 0.842 e. The fraction of sp³-hybridized carbons (Fsp3) is 0.176. The van der Waals surface area contributed by atoms with E-state index in [0.29, 0.717) is 16.7 Å². The minimum Gasteiger partial charge on any atom is -0.842 e. The molecule has 0 aliphatic heterocycles. The zero-order chi connectivity index (χ0) is 19.9. The first-order valence-electron chi connectivity index (χ1n) is 7.50. The third-order valence-electron chi connectivity index (χ3n) is 3.84. The Labute approximate surface area is 147 Å². The standard InChI is InChI=1S/C17H10F6N2O2/c18-11-6-9(5-10(7-11)17(21,22)23)14-15(26)24-4-2-1-3-13(24)25(16(14)27)8-12(19)20/h1-7,12H,8H2. The van der Waals surface area contributed by atoms with Crippen molar-refractivity contribution in [3.63, 3.8) is 0 Å². The van der Waals surface area contributed by atoms with Crippen LogP contribution in [0.15, 0.2) is 47.4 Å². The Hall–Kier alpha value is -3.04. The van der Waals surface area contributed by atoms with Crippen LogP contribution in [0.5, 0.6) is 5.88 Å². The second-order valence-electron chi connectivity index (χ2n) is 5.64. The number of pyridine rings is 1. The van der Waals surface area contributed by atoms with E-state index in [1.54, 1.807) is 0 Å². The molecule has 0 spiro atoms. The molecule has 0 fully saturated rings. The Kier molecular flexibility index (Phi) is 4.58. The van der Waals surface area contributed by atoms with E-state index in [1.807, 2.05) is 0 Å². The summed E-state index contributed by atoms with van der Waals surface area (Å²) in [6.07, 6.45) is -6.71. The normalized spacial score (nSPS) is 12.1. The predicted molar refractivity (Wildman–Crippen MR) is 79.7 cm³/mol. The molecule has 0 N–H and O–H groups in total. The molecular formula is C17H10F6N2O2. The number of aromatic nitrogens is 2. The van der Waals surface area contributed by atoms with E-state index in [1.165, 1.54) is 24.4 Å². The maximum absolute atomic E-state index is 13.7. The average molecular weight is 388 g/mol. The molecule has 0 unspecified atom stereocenters. The third-order valence-corrected chi connectivity index (χ3v) is 3.84. The van der Waals surface area contributed by atoms with Crippen molar-refractivity contribution in [2.75, 3.05) is 0 Å². The van der Waals surface area contributed by atoms with Crippen molar-refractivity contribution in [1.29, 1.82) is 0 Å². The van der Waals surface area contributed by atoms with Crippen LogP contribution in [0.2, 0.25) is 0 Å². The van der Waals surface area contributed by atoms with Gasteiger partial charge < -0.3 is 5.11 Å². The molecule has 3 rings (SSSR count). The number of rotatable bonds is 3. The van der Waals surface area contributed by atoms with Gasteiger partial charge in [-0.2, -0.15) is 17.6 Å². The zero-order valence-electron chi connectivity index (χ0n) is 13.3. The molecule has 27 heavy (non-hydrogen) atoms. The van der Waals surface area contributed by atoms with Crippen molar-refractivity contribution >= 4 is 5.65 Å². The summed E-state index contributed by atoms with van der Waals surface area (Å²) in [7, 11) is 0. The van der Waals surface area contributed by atoms with Crippen LogP contribution in [0.1, 0.15) is 5.56 Å². The lowest BCUT2D eigenvalue weighted by molar-refractivity contribution is -0.722. The highest BCUT2D eigenvalue weighted by molar-refractivity contribution is 5.67. The Morgan fingerprint density at radius 2 is 1.85 bits per heavy atom. The van der Waals surface area contributed by atoms with Crippen molar-refractivity contribution in [3.05, 3.63) is 64.3 Å². The van der Waals surface area contributed by atoms with Crippen LogP contribution in [0.3, 0.4) is 0 Å². The molecule has 0 atom stereocenters. The molecule has 4 nitrogen and oxygen atoms in total. The van der Waals surface area contributed by atoms with Crippen molar-refractivity contribution in [2.24, 2.45) is 0 Å². The highest BCUT2D eigenvalue weighted by atomic mass is 19.4. The number of halogens is 6. The molecule has 3 aromatic rings. The fourth-order valence-electron chi connectivity index (χ4n) is 2.74. The van der Waals surface area contributed by atoms with E-state index in [-0.39, 0.29) is 11.7 Å². The minimum absolute atomic E-state index is 0.163. The van der Waals surface area contributed by atoms with Gasteiger partial charge in [-0.05, 0) is 29.8 Å². The predicted octanol–water partition coefficient (Wildman–Crippen LogP) is 2.75. The molecule has 0 amide bonds. The molecule has 0 bridgehead atoms. The lowest BCUT2D eigenvalue weighted by atomic mass is 10.0. The van der Waals surface area contributed by atoms with Gasteiger partial charge in [0.25, 0.3) is 12.1 Å². The molecule has 142 valence electrons. The highest BCUT2D eigenvalue weighted by Crippen LogP contribution is 2.33. The van der Waals surface area contributed by atoms with Gasteiger partial charge in [-0.1, -0.05) is 6.07 Å². The van der Waals surface area contributed by atoms with Crippen LogP contribution in [-0.2, 0) is 12.7 Å². The van der Waals surface area contributed by atoms with E-state index in [2.05, 4.69) is 0 Å². The second-order valence-corrected chi connectivity index (χ2v) is 5.64. The lowest BCUT2D eigenvalue weighted by Crippen LogP contribution is -2.46. The summed E-state index contributed by atoms with van der Waals surface area (Å²) in [6, 6.07) is 5.24. The summed E-state index contributed by atoms with van der Waals surface area (Å²) >= 11 is 0. The summed E-state index contributed by atoms with van der Waals surface area (Å²) in [4.78, 5) is 12.6. The molecule has 0 aliphatic carbocycles. The van der Waals surface area contributed by atoms with E-state index in [4.69, 9.17) is 0 Å². The van der Waals surface area contributed by atoms with Crippen molar-refractivity contribution in [2.45, 2.75) is 19.1 Å². The van der Waals surface area contributed by atoms with Crippen LogP contribution >= 0.6 is 0 Å². The van der Waals surface area contributed by atoms with Crippen LogP contribution in [0, 0.1) is 5.82 Å². The lowest BCUT2D eigenvalue weighted by Gasteiger charge is -2.17. The van der Waals surface area contributed by atoms with Gasteiger partial charge in [0.05, 0.1) is 17.6 Å². The Morgan fingerprint density at radius 1 is 1.15 bits per heavy atom. The molecule has 1 aromatic carbocycles. The van der Waals surface area contributed by atoms with Gasteiger partial charge >= 0.3 is 11.7 Å². The first kappa shape index (κ1) is 18.7. The van der Waals surface area contributed by atoms with Gasteiger partial charge in [-0.25, -0.2) is 22.5 Å². The van der Waals surface area contributed by atoms with Crippen LogP contribution in [0.25, 0.3) is 16.8 Å². The molecule has 2 heterocycles. The second kappa shape index (κ2) is 6.60. The molecule has 0 radical (unpaired) electrons. The zero-order valence-corrected chi connectivity index (χ0v) is 13.3. The van der Waals surface area contributed by atoms with E-state index in [0.717, 1.165) is 4.40 Å². The summed E-state index contributed by atoms with van der Waals surface area (Å²) in [5.41, 5.74) is -4.08. The van der Waals surface area contributed by atoms with Gasteiger partial charge in [0.2, 0.25) is 0 Å². The third kappa shape index (κ3) is 3.46. The Bertz CT molecular complexity index is 1080. The number of hydrogen-bond acceptors (Lipinski definition) is 2. The van der Waals surface area contributed by atoms with E-state index >= 15 is 0 Å².